The third-order valence-corrected chi connectivity index (χ3v) is 6.26. The summed E-state index contributed by atoms with van der Waals surface area (Å²) in [6.07, 6.45) is 4.03. The van der Waals surface area contributed by atoms with E-state index < -0.39 is 5.97 Å². The topological polar surface area (TPSA) is 65.7 Å². The van der Waals surface area contributed by atoms with Crippen molar-refractivity contribution in [1.29, 1.82) is 0 Å². The van der Waals surface area contributed by atoms with Crippen molar-refractivity contribution in [3.8, 4) is 17.2 Å². The van der Waals surface area contributed by atoms with E-state index in [9.17, 15) is 9.59 Å². The van der Waals surface area contributed by atoms with Crippen LogP contribution in [-0.4, -0.2) is 5.97 Å². The molecule has 172 valence electrons. The summed E-state index contributed by atoms with van der Waals surface area (Å²) in [6, 6.07) is 12.9. The van der Waals surface area contributed by atoms with Gasteiger partial charge in [0.25, 0.3) is 0 Å². The van der Waals surface area contributed by atoms with E-state index in [1.54, 1.807) is 36.4 Å². The van der Waals surface area contributed by atoms with Gasteiger partial charge in [0.2, 0.25) is 11.2 Å². The Labute approximate surface area is 210 Å². The molecular formula is C26H17Cl3O5. The van der Waals surface area contributed by atoms with Crippen molar-refractivity contribution in [1.82, 2.24) is 0 Å². The van der Waals surface area contributed by atoms with Gasteiger partial charge in [-0.1, -0.05) is 40.9 Å². The van der Waals surface area contributed by atoms with E-state index >= 15 is 0 Å². The summed E-state index contributed by atoms with van der Waals surface area (Å²) in [5.74, 6) is 0.117. The van der Waals surface area contributed by atoms with Crippen LogP contribution in [0.15, 0.2) is 70.1 Å². The molecule has 1 aromatic heterocycles. The number of esters is 1. The van der Waals surface area contributed by atoms with Gasteiger partial charge in [0, 0.05) is 17.2 Å². The Morgan fingerprint density at radius 2 is 1.65 bits per heavy atom. The molecule has 3 aromatic carbocycles. The van der Waals surface area contributed by atoms with Gasteiger partial charge in [-0.3, -0.25) is 4.79 Å². The zero-order valence-corrected chi connectivity index (χ0v) is 20.3. The zero-order valence-electron chi connectivity index (χ0n) is 18.0. The lowest BCUT2D eigenvalue weighted by Crippen LogP contribution is -2.06. The number of fused-ring (bicyclic) bond motifs is 1. The van der Waals surface area contributed by atoms with E-state index in [4.69, 9.17) is 48.7 Å². The molecule has 4 rings (SSSR count). The highest BCUT2D eigenvalue weighted by atomic mass is 35.5. The van der Waals surface area contributed by atoms with Crippen LogP contribution in [0.4, 0.5) is 0 Å². The maximum absolute atomic E-state index is 12.9. The van der Waals surface area contributed by atoms with E-state index in [0.29, 0.717) is 26.4 Å². The molecule has 0 unspecified atom stereocenters. The first kappa shape index (κ1) is 23.9. The summed E-state index contributed by atoms with van der Waals surface area (Å²) in [6.45, 7) is 3.71. The minimum Gasteiger partial charge on any atom is -0.460 e. The smallest absolute Gasteiger partial charge is 0.336 e. The van der Waals surface area contributed by atoms with Crippen LogP contribution in [0.2, 0.25) is 15.1 Å². The molecule has 0 N–H and O–H groups in total. The molecule has 4 aromatic rings. The second-order valence-electron chi connectivity index (χ2n) is 7.49. The Morgan fingerprint density at radius 1 is 0.912 bits per heavy atom. The van der Waals surface area contributed by atoms with Crippen LogP contribution in [0.25, 0.3) is 17.0 Å². The van der Waals surface area contributed by atoms with E-state index in [1.807, 2.05) is 13.8 Å². The summed E-state index contributed by atoms with van der Waals surface area (Å²) >= 11 is 18.0. The fourth-order valence-corrected chi connectivity index (χ4v) is 3.66. The fraction of sp³-hybridized carbons (Fsp3) is 0.0769. The highest BCUT2D eigenvalue weighted by Gasteiger charge is 2.12. The van der Waals surface area contributed by atoms with Crippen LogP contribution >= 0.6 is 34.8 Å². The standard InChI is InChI=1S/C26H17Cl3O5/c1-14-9-18(10-15(2)25(14)29)33-23-13-32-22-12-17(5-6-19(22)26(23)31)34-24(30)8-4-16-3-7-20(27)21(28)11-16/h3-13H,1-2H3. The Bertz CT molecular complexity index is 1480. The number of ether oxygens (including phenoxy) is 2. The van der Waals surface area contributed by atoms with Crippen molar-refractivity contribution >= 4 is 57.8 Å². The molecule has 0 radical (unpaired) electrons. The molecule has 0 aliphatic rings. The normalized spacial score (nSPS) is 11.2. The quantitative estimate of drug-likeness (QED) is 0.154. The minimum absolute atomic E-state index is 0.0305. The largest absolute Gasteiger partial charge is 0.460 e. The second-order valence-corrected chi connectivity index (χ2v) is 8.68. The predicted octanol–water partition coefficient (Wildman–Crippen LogP) is 7.78. The van der Waals surface area contributed by atoms with E-state index in [-0.39, 0.29) is 27.9 Å². The molecule has 5 nitrogen and oxygen atoms in total. The van der Waals surface area contributed by atoms with Crippen LogP contribution in [0.5, 0.6) is 17.2 Å². The molecule has 0 saturated heterocycles. The molecule has 0 spiro atoms. The van der Waals surface area contributed by atoms with Crippen molar-refractivity contribution < 1.29 is 18.7 Å². The number of hydrogen-bond acceptors (Lipinski definition) is 5. The van der Waals surface area contributed by atoms with Gasteiger partial charge >= 0.3 is 5.97 Å². The molecule has 34 heavy (non-hydrogen) atoms. The van der Waals surface area contributed by atoms with Crippen LogP contribution < -0.4 is 14.9 Å². The van der Waals surface area contributed by atoms with Gasteiger partial charge in [-0.25, -0.2) is 4.79 Å². The third kappa shape index (κ3) is 5.28. The Balaban J connectivity index is 1.52. The van der Waals surface area contributed by atoms with Gasteiger partial charge in [-0.15, -0.1) is 0 Å². The first-order valence-corrected chi connectivity index (χ1v) is 11.2. The van der Waals surface area contributed by atoms with Crippen LogP contribution in [0.3, 0.4) is 0 Å². The summed E-state index contributed by atoms with van der Waals surface area (Å²) in [5, 5.41) is 1.73. The average molecular weight is 516 g/mol. The molecule has 0 aliphatic heterocycles. The van der Waals surface area contributed by atoms with Crippen molar-refractivity contribution in [2.45, 2.75) is 13.8 Å². The number of benzene rings is 3. The van der Waals surface area contributed by atoms with Gasteiger partial charge in [0.1, 0.15) is 23.3 Å². The molecule has 0 aliphatic carbocycles. The molecule has 0 fully saturated rings. The number of halogens is 3. The molecule has 0 amide bonds. The zero-order chi connectivity index (χ0) is 24.4. The van der Waals surface area contributed by atoms with Crippen LogP contribution in [0, 0.1) is 13.8 Å². The molecular weight excluding hydrogens is 499 g/mol. The Morgan fingerprint density at radius 3 is 2.35 bits per heavy atom. The molecule has 0 bridgehead atoms. The monoisotopic (exact) mass is 514 g/mol. The molecule has 8 heteroatoms. The summed E-state index contributed by atoms with van der Waals surface area (Å²) in [7, 11) is 0. The lowest BCUT2D eigenvalue weighted by molar-refractivity contribution is -0.128. The van der Waals surface area contributed by atoms with Gasteiger partial charge in [0.05, 0.1) is 15.4 Å². The van der Waals surface area contributed by atoms with Crippen molar-refractivity contribution in [2.24, 2.45) is 0 Å². The van der Waals surface area contributed by atoms with Crippen LogP contribution in [-0.2, 0) is 4.79 Å². The van der Waals surface area contributed by atoms with E-state index in [0.717, 1.165) is 11.1 Å². The van der Waals surface area contributed by atoms with Crippen LogP contribution in [0.1, 0.15) is 16.7 Å². The van der Waals surface area contributed by atoms with Crippen molar-refractivity contribution in [2.75, 3.05) is 0 Å². The number of carbonyl (C=O) groups is 1. The van der Waals surface area contributed by atoms with Gasteiger partial charge in [-0.2, -0.15) is 0 Å². The van der Waals surface area contributed by atoms with Gasteiger partial charge in [-0.05, 0) is 73.0 Å². The summed E-state index contributed by atoms with van der Waals surface area (Å²) in [4.78, 5) is 25.1. The van der Waals surface area contributed by atoms with Gasteiger partial charge in [0.15, 0.2) is 0 Å². The Hall–Kier alpha value is -3.25. The highest BCUT2D eigenvalue weighted by Crippen LogP contribution is 2.29. The first-order chi connectivity index (χ1) is 16.2. The maximum Gasteiger partial charge on any atom is 0.336 e. The van der Waals surface area contributed by atoms with E-state index in [1.165, 1.54) is 30.5 Å². The summed E-state index contributed by atoms with van der Waals surface area (Å²) < 4.78 is 16.6. The lowest BCUT2D eigenvalue weighted by Gasteiger charge is -2.09. The minimum atomic E-state index is -0.610. The number of hydrogen-bond donors (Lipinski definition) is 0. The lowest BCUT2D eigenvalue weighted by atomic mass is 10.1. The highest BCUT2D eigenvalue weighted by molar-refractivity contribution is 6.42. The van der Waals surface area contributed by atoms with Crippen molar-refractivity contribution in [3.05, 3.63) is 103 Å². The number of aryl methyl sites for hydroxylation is 2. The molecule has 0 atom stereocenters. The third-order valence-electron chi connectivity index (χ3n) is 4.93. The average Bonchev–Trinajstić information content (AvgIpc) is 2.80. The Kier molecular flexibility index (Phi) is 6.98. The molecule has 0 saturated carbocycles. The maximum atomic E-state index is 12.9. The fourth-order valence-electron chi connectivity index (χ4n) is 3.25. The molecule has 1 heterocycles. The van der Waals surface area contributed by atoms with Gasteiger partial charge < -0.3 is 13.9 Å². The SMILES string of the molecule is Cc1cc(Oc2coc3cc(OC(=O)C=Cc4ccc(Cl)c(Cl)c4)ccc3c2=O)cc(C)c1Cl. The predicted molar refractivity (Wildman–Crippen MR) is 135 cm³/mol. The second kappa shape index (κ2) is 9.94. The summed E-state index contributed by atoms with van der Waals surface area (Å²) in [5.41, 5.74) is 2.25. The van der Waals surface area contributed by atoms with E-state index in [2.05, 4.69) is 0 Å². The van der Waals surface area contributed by atoms with Crippen molar-refractivity contribution in [3.63, 3.8) is 0 Å². The first-order valence-electron chi connectivity index (χ1n) is 10.1. The number of rotatable bonds is 5. The number of carbonyl (C=O) groups excluding carboxylic acids is 1.